The summed E-state index contributed by atoms with van der Waals surface area (Å²) in [6.07, 6.45) is 6.06. The highest BCUT2D eigenvalue weighted by molar-refractivity contribution is 6.37. The molecule has 2 amide bonds. The lowest BCUT2D eigenvalue weighted by Crippen LogP contribution is -2.36. The summed E-state index contributed by atoms with van der Waals surface area (Å²) in [4.78, 5) is 35.9. The lowest BCUT2D eigenvalue weighted by atomic mass is 10.0. The SMILES string of the molecule is Cc1[nH]c(/C=C2\C(=O)N(CCCN(C)C)c3ccc(Cl)cc32)c(C)c1C(=O)N1CCCCC1. The van der Waals surface area contributed by atoms with Gasteiger partial charge >= 0.3 is 0 Å². The van der Waals surface area contributed by atoms with Gasteiger partial charge in [-0.3, -0.25) is 9.59 Å². The van der Waals surface area contributed by atoms with Gasteiger partial charge in [0.2, 0.25) is 0 Å². The topological polar surface area (TPSA) is 59.7 Å². The maximum absolute atomic E-state index is 13.4. The second kappa shape index (κ2) is 9.74. The molecule has 7 heteroatoms. The Bertz CT molecular complexity index is 1100. The van der Waals surface area contributed by atoms with Crippen LogP contribution in [0.2, 0.25) is 5.02 Å². The summed E-state index contributed by atoms with van der Waals surface area (Å²) in [6.45, 7) is 7.06. The standard InChI is InChI=1S/C26H33ClN4O2/c1-17-22(28-18(2)24(17)26(33)30-12-6-5-7-13-30)16-21-20-15-19(27)9-10-23(20)31(25(21)32)14-8-11-29(3)4/h9-10,15-16,28H,5-8,11-14H2,1-4H3/b21-16-. The third-order valence-electron chi connectivity index (χ3n) is 6.62. The highest BCUT2D eigenvalue weighted by Gasteiger charge is 2.33. The molecule has 2 aliphatic heterocycles. The molecule has 0 unspecified atom stereocenters. The summed E-state index contributed by atoms with van der Waals surface area (Å²) in [6, 6.07) is 5.61. The molecule has 0 radical (unpaired) electrons. The number of aromatic nitrogens is 1. The molecule has 1 fully saturated rings. The van der Waals surface area contributed by atoms with Crippen LogP contribution in [0.4, 0.5) is 5.69 Å². The minimum atomic E-state index is -0.0263. The van der Waals surface area contributed by atoms with Crippen molar-refractivity contribution >= 4 is 40.8 Å². The molecule has 33 heavy (non-hydrogen) atoms. The number of likely N-dealkylation sites (tertiary alicyclic amines) is 1. The number of benzene rings is 1. The van der Waals surface area contributed by atoms with Crippen LogP contribution in [0.25, 0.3) is 11.6 Å². The first-order valence-electron chi connectivity index (χ1n) is 11.7. The zero-order chi connectivity index (χ0) is 23.7. The number of piperidine rings is 1. The largest absolute Gasteiger partial charge is 0.358 e. The Balaban J connectivity index is 1.68. The third kappa shape index (κ3) is 4.73. The summed E-state index contributed by atoms with van der Waals surface area (Å²) in [5.74, 6) is 0.0543. The molecule has 2 aliphatic rings. The minimum Gasteiger partial charge on any atom is -0.358 e. The van der Waals surface area contributed by atoms with Crippen LogP contribution in [0.1, 0.15) is 58.6 Å². The first-order valence-corrected chi connectivity index (χ1v) is 12.1. The molecule has 4 rings (SSSR count). The van der Waals surface area contributed by atoms with Crippen molar-refractivity contribution in [3.8, 4) is 0 Å². The van der Waals surface area contributed by atoms with Gasteiger partial charge in [-0.1, -0.05) is 11.6 Å². The number of hydrogen-bond donors (Lipinski definition) is 1. The van der Waals surface area contributed by atoms with Gasteiger partial charge in [-0.15, -0.1) is 0 Å². The number of amides is 2. The van der Waals surface area contributed by atoms with Gasteiger partial charge in [-0.05, 0) is 90.0 Å². The molecule has 2 aromatic rings. The van der Waals surface area contributed by atoms with Crippen molar-refractivity contribution in [3.05, 3.63) is 51.3 Å². The van der Waals surface area contributed by atoms with Gasteiger partial charge in [-0.2, -0.15) is 0 Å². The van der Waals surface area contributed by atoms with Crippen molar-refractivity contribution in [1.82, 2.24) is 14.8 Å². The van der Waals surface area contributed by atoms with Crippen molar-refractivity contribution < 1.29 is 9.59 Å². The van der Waals surface area contributed by atoms with Crippen LogP contribution in [0, 0.1) is 13.8 Å². The van der Waals surface area contributed by atoms with Gasteiger partial charge in [0.05, 0.1) is 16.8 Å². The van der Waals surface area contributed by atoms with Crippen molar-refractivity contribution in [1.29, 1.82) is 0 Å². The zero-order valence-corrected chi connectivity index (χ0v) is 20.8. The van der Waals surface area contributed by atoms with Gasteiger partial charge in [0.25, 0.3) is 11.8 Å². The number of hydrogen-bond acceptors (Lipinski definition) is 3. The van der Waals surface area contributed by atoms with Gasteiger partial charge in [0.1, 0.15) is 0 Å². The second-order valence-corrected chi connectivity index (χ2v) is 9.79. The number of aryl methyl sites for hydroxylation is 1. The van der Waals surface area contributed by atoms with Crippen LogP contribution in [-0.2, 0) is 4.79 Å². The molecule has 0 atom stereocenters. The van der Waals surface area contributed by atoms with Crippen molar-refractivity contribution in [2.75, 3.05) is 45.2 Å². The average molecular weight is 469 g/mol. The van der Waals surface area contributed by atoms with E-state index in [1.54, 1.807) is 0 Å². The van der Waals surface area contributed by atoms with Crippen LogP contribution in [-0.4, -0.2) is 66.9 Å². The number of H-pyrrole nitrogens is 1. The first kappa shape index (κ1) is 23.6. The Labute approximate surface area is 201 Å². The number of nitrogens with zero attached hydrogens (tertiary/aromatic N) is 3. The lowest BCUT2D eigenvalue weighted by molar-refractivity contribution is -0.113. The Morgan fingerprint density at radius 2 is 1.91 bits per heavy atom. The summed E-state index contributed by atoms with van der Waals surface area (Å²) in [5.41, 5.74) is 5.60. The summed E-state index contributed by atoms with van der Waals surface area (Å²) in [7, 11) is 4.06. The van der Waals surface area contributed by atoms with Crippen LogP contribution in [0.5, 0.6) is 0 Å². The first-order chi connectivity index (χ1) is 15.8. The van der Waals surface area contributed by atoms with Gasteiger partial charge < -0.3 is 19.7 Å². The number of anilines is 1. The predicted molar refractivity (Wildman–Crippen MR) is 135 cm³/mol. The monoisotopic (exact) mass is 468 g/mol. The minimum absolute atomic E-state index is 0.0263. The highest BCUT2D eigenvalue weighted by Crippen LogP contribution is 2.40. The quantitative estimate of drug-likeness (QED) is 0.622. The van der Waals surface area contributed by atoms with E-state index < -0.39 is 0 Å². The maximum Gasteiger partial charge on any atom is 0.259 e. The van der Waals surface area contributed by atoms with E-state index in [0.29, 0.717) is 17.1 Å². The number of carbonyl (C=O) groups excluding carboxylic acids is 2. The number of halogens is 1. The molecule has 1 aromatic heterocycles. The van der Waals surface area contributed by atoms with Crippen LogP contribution in [0.15, 0.2) is 18.2 Å². The van der Waals surface area contributed by atoms with E-state index >= 15 is 0 Å². The zero-order valence-electron chi connectivity index (χ0n) is 20.0. The maximum atomic E-state index is 13.4. The van der Waals surface area contributed by atoms with E-state index in [2.05, 4.69) is 9.88 Å². The summed E-state index contributed by atoms with van der Waals surface area (Å²) < 4.78 is 0. The Morgan fingerprint density at radius 3 is 2.61 bits per heavy atom. The molecule has 3 heterocycles. The fourth-order valence-corrected chi connectivity index (χ4v) is 5.05. The summed E-state index contributed by atoms with van der Waals surface area (Å²) >= 11 is 6.30. The fraction of sp³-hybridized carbons (Fsp3) is 0.462. The molecule has 0 saturated carbocycles. The van der Waals surface area contributed by atoms with Crippen molar-refractivity contribution in [2.24, 2.45) is 0 Å². The third-order valence-corrected chi connectivity index (χ3v) is 6.86. The second-order valence-electron chi connectivity index (χ2n) is 9.35. The molecule has 176 valence electrons. The molecule has 0 aliphatic carbocycles. The highest BCUT2D eigenvalue weighted by atomic mass is 35.5. The Morgan fingerprint density at radius 1 is 1.18 bits per heavy atom. The molecule has 0 spiro atoms. The van der Waals surface area contributed by atoms with E-state index in [0.717, 1.165) is 72.7 Å². The van der Waals surface area contributed by atoms with Crippen molar-refractivity contribution in [2.45, 2.75) is 39.5 Å². The Hall–Kier alpha value is -2.57. The van der Waals surface area contributed by atoms with E-state index in [4.69, 9.17) is 11.6 Å². The molecular formula is C26H33ClN4O2. The van der Waals surface area contributed by atoms with Gasteiger partial charge in [0.15, 0.2) is 0 Å². The molecule has 0 bridgehead atoms. The molecular weight excluding hydrogens is 436 g/mol. The summed E-state index contributed by atoms with van der Waals surface area (Å²) in [5, 5.41) is 0.600. The van der Waals surface area contributed by atoms with Gasteiger partial charge in [-0.25, -0.2) is 0 Å². The van der Waals surface area contributed by atoms with Gasteiger partial charge in [0, 0.05) is 41.6 Å². The van der Waals surface area contributed by atoms with E-state index in [-0.39, 0.29) is 11.8 Å². The van der Waals surface area contributed by atoms with E-state index in [9.17, 15) is 9.59 Å². The number of aromatic amines is 1. The van der Waals surface area contributed by atoms with Crippen LogP contribution < -0.4 is 4.90 Å². The number of rotatable bonds is 6. The number of nitrogens with one attached hydrogen (secondary N) is 1. The van der Waals surface area contributed by atoms with Crippen LogP contribution >= 0.6 is 11.6 Å². The molecule has 6 nitrogen and oxygen atoms in total. The smallest absolute Gasteiger partial charge is 0.259 e. The molecule has 1 N–H and O–H groups in total. The number of fused-ring (bicyclic) bond motifs is 1. The van der Waals surface area contributed by atoms with E-state index in [1.807, 2.05) is 62.0 Å². The molecule has 1 saturated heterocycles. The predicted octanol–water partition coefficient (Wildman–Crippen LogP) is 4.75. The average Bonchev–Trinajstić information content (AvgIpc) is 3.21. The molecule has 1 aromatic carbocycles. The normalized spacial score (nSPS) is 17.4. The lowest BCUT2D eigenvalue weighted by Gasteiger charge is -2.27. The van der Waals surface area contributed by atoms with Crippen molar-refractivity contribution in [3.63, 3.8) is 0 Å². The van der Waals surface area contributed by atoms with E-state index in [1.165, 1.54) is 6.42 Å². The van der Waals surface area contributed by atoms with Crippen LogP contribution in [0.3, 0.4) is 0 Å². The Kier molecular flexibility index (Phi) is 6.96. The number of carbonyl (C=O) groups is 2. The fourth-order valence-electron chi connectivity index (χ4n) is 4.87.